The maximum absolute atomic E-state index is 14.6. The summed E-state index contributed by atoms with van der Waals surface area (Å²) < 4.78 is 49.4. The highest BCUT2D eigenvalue weighted by Crippen LogP contribution is 2.43. The number of rotatable bonds is 6. The number of benzene rings is 1. The van der Waals surface area contributed by atoms with Gasteiger partial charge in [0.25, 0.3) is 0 Å². The minimum absolute atomic E-state index is 0.0683. The van der Waals surface area contributed by atoms with E-state index in [0.717, 1.165) is 12.5 Å². The van der Waals surface area contributed by atoms with E-state index in [2.05, 4.69) is 0 Å². The quantitative estimate of drug-likeness (QED) is 0.570. The molecule has 0 amide bonds. The van der Waals surface area contributed by atoms with Crippen molar-refractivity contribution in [2.75, 3.05) is 45.2 Å². The number of hydrogen-bond acceptors (Lipinski definition) is 4. The molecule has 1 aromatic rings. The van der Waals surface area contributed by atoms with Crippen molar-refractivity contribution in [2.24, 2.45) is 11.8 Å². The van der Waals surface area contributed by atoms with Crippen LogP contribution in [0, 0.1) is 35.7 Å². The molecule has 3 atom stereocenters. The Labute approximate surface area is 151 Å². The fraction of sp³-hybridized carbons (Fsp3) is 0.579. The predicted octanol–water partition coefficient (Wildman–Crippen LogP) is 2.91. The lowest BCUT2D eigenvalue weighted by Crippen LogP contribution is -2.47. The van der Waals surface area contributed by atoms with Crippen LogP contribution in [0.3, 0.4) is 0 Å². The van der Waals surface area contributed by atoms with Crippen LogP contribution in [0.15, 0.2) is 6.07 Å². The van der Waals surface area contributed by atoms with E-state index >= 15 is 0 Å². The number of hydrogen-bond donors (Lipinski definition) is 0. The number of morpholine rings is 1. The van der Waals surface area contributed by atoms with Gasteiger partial charge in [0.15, 0.2) is 17.4 Å². The van der Waals surface area contributed by atoms with Gasteiger partial charge in [-0.2, -0.15) is 0 Å². The number of carbonyl (C=O) groups is 1. The molecule has 1 aliphatic carbocycles. The second-order valence-corrected chi connectivity index (χ2v) is 7.24. The summed E-state index contributed by atoms with van der Waals surface area (Å²) in [5, 5.41) is 0. The molecule has 26 heavy (non-hydrogen) atoms. The molecule has 7 heteroatoms. The Morgan fingerprint density at radius 3 is 2.65 bits per heavy atom. The smallest absolute Gasteiger partial charge is 0.185 e. The van der Waals surface area contributed by atoms with Crippen LogP contribution in [0.2, 0.25) is 0 Å². The topological polar surface area (TPSA) is 32.8 Å². The molecule has 4 nitrogen and oxygen atoms in total. The first-order chi connectivity index (χ1) is 12.3. The summed E-state index contributed by atoms with van der Waals surface area (Å²) in [4.78, 5) is 15.7. The number of carbonyl (C=O) groups excluding carboxylic acids is 1. The number of Topliss-reactive ketones (excluding diaryl/α,β-unsaturated/α-hetero) is 1. The van der Waals surface area contributed by atoms with Gasteiger partial charge in [-0.1, -0.05) is 13.3 Å². The maximum atomic E-state index is 14.6. The fourth-order valence-electron chi connectivity index (χ4n) is 3.55. The van der Waals surface area contributed by atoms with Gasteiger partial charge in [-0.25, -0.2) is 13.2 Å². The van der Waals surface area contributed by atoms with E-state index in [1.54, 1.807) is 6.42 Å². The zero-order valence-corrected chi connectivity index (χ0v) is 15.3. The Morgan fingerprint density at radius 2 is 2.04 bits per heavy atom. The highest BCUT2D eigenvalue weighted by molar-refractivity contribution is 6.01. The summed E-state index contributed by atoms with van der Waals surface area (Å²) in [7, 11) is 3.75. The molecule has 0 aromatic heterocycles. The van der Waals surface area contributed by atoms with Crippen molar-refractivity contribution < 1.29 is 22.7 Å². The van der Waals surface area contributed by atoms with E-state index in [1.165, 1.54) is 4.90 Å². The van der Waals surface area contributed by atoms with E-state index in [-0.39, 0.29) is 25.1 Å². The SMILES string of the molecule is CCC1[CH]C1C(=O)c1cc(F)c(N2CCOC(CN(C)C)C2)c(F)c1F. The van der Waals surface area contributed by atoms with Crippen molar-refractivity contribution in [2.45, 2.75) is 19.4 Å². The van der Waals surface area contributed by atoms with Gasteiger partial charge in [-0.05, 0) is 32.5 Å². The van der Waals surface area contributed by atoms with Gasteiger partial charge in [0, 0.05) is 25.6 Å². The molecule has 1 saturated heterocycles. The van der Waals surface area contributed by atoms with Crippen LogP contribution in [0.25, 0.3) is 0 Å². The summed E-state index contributed by atoms with van der Waals surface area (Å²) in [6.45, 7) is 3.33. The largest absolute Gasteiger partial charge is 0.373 e. The van der Waals surface area contributed by atoms with Gasteiger partial charge < -0.3 is 14.5 Å². The zero-order valence-electron chi connectivity index (χ0n) is 15.3. The van der Waals surface area contributed by atoms with Crippen LogP contribution in [0.5, 0.6) is 0 Å². The van der Waals surface area contributed by atoms with Crippen LogP contribution >= 0.6 is 0 Å². The second kappa shape index (κ2) is 7.56. The molecule has 0 N–H and O–H groups in total. The van der Waals surface area contributed by atoms with Crippen molar-refractivity contribution >= 4 is 11.5 Å². The van der Waals surface area contributed by atoms with E-state index in [1.807, 2.05) is 25.9 Å². The van der Waals surface area contributed by atoms with E-state index in [0.29, 0.717) is 13.2 Å². The van der Waals surface area contributed by atoms with Crippen molar-refractivity contribution in [1.29, 1.82) is 0 Å². The Hall–Kier alpha value is -1.60. The molecule has 1 heterocycles. The molecule has 143 valence electrons. The van der Waals surface area contributed by atoms with Crippen molar-refractivity contribution in [3.63, 3.8) is 0 Å². The number of nitrogens with zero attached hydrogens (tertiary/aromatic N) is 2. The summed E-state index contributed by atoms with van der Waals surface area (Å²) >= 11 is 0. The lowest BCUT2D eigenvalue weighted by atomic mass is 10.0. The average molecular weight is 369 g/mol. The molecule has 2 aliphatic rings. The van der Waals surface area contributed by atoms with E-state index in [4.69, 9.17) is 4.74 Å². The molecule has 3 rings (SSSR count). The lowest BCUT2D eigenvalue weighted by Gasteiger charge is -2.36. The predicted molar refractivity (Wildman–Crippen MR) is 92.7 cm³/mol. The fourth-order valence-corrected chi connectivity index (χ4v) is 3.55. The minimum atomic E-state index is -1.30. The number of halogens is 3. The van der Waals surface area contributed by atoms with Crippen LogP contribution in [0.1, 0.15) is 23.7 Å². The zero-order chi connectivity index (χ0) is 19.0. The maximum Gasteiger partial charge on any atom is 0.185 e. The molecule has 0 bridgehead atoms. The number of anilines is 1. The highest BCUT2D eigenvalue weighted by Gasteiger charge is 2.43. The standard InChI is InChI=1S/C19H24F3N2O2/c1-4-11-7-13(11)19(25)14-8-15(20)18(17(22)16(14)21)24-5-6-26-12(10-24)9-23(2)3/h7-8,11-13H,4-6,9-10H2,1-3H3. The van der Waals surface area contributed by atoms with E-state index < -0.39 is 40.4 Å². The third kappa shape index (κ3) is 3.74. The van der Waals surface area contributed by atoms with Crippen LogP contribution < -0.4 is 4.90 Å². The summed E-state index contributed by atoms with van der Waals surface area (Å²) in [6, 6.07) is 0.839. The highest BCUT2D eigenvalue weighted by atomic mass is 19.2. The monoisotopic (exact) mass is 369 g/mol. The molecule has 1 radical (unpaired) electrons. The lowest BCUT2D eigenvalue weighted by molar-refractivity contribution is 0.0243. The van der Waals surface area contributed by atoms with E-state index in [9.17, 15) is 18.0 Å². The van der Waals surface area contributed by atoms with Crippen LogP contribution in [-0.2, 0) is 4.74 Å². The van der Waals surface area contributed by atoms with Crippen molar-refractivity contribution in [3.05, 3.63) is 35.5 Å². The molecule has 1 aliphatic heterocycles. The molecule has 0 spiro atoms. The normalized spacial score (nSPS) is 25.7. The van der Waals surface area contributed by atoms with Crippen molar-refractivity contribution in [3.8, 4) is 0 Å². The van der Waals surface area contributed by atoms with Gasteiger partial charge in [0.1, 0.15) is 11.5 Å². The minimum Gasteiger partial charge on any atom is -0.373 e. The Morgan fingerprint density at radius 1 is 1.31 bits per heavy atom. The van der Waals surface area contributed by atoms with Gasteiger partial charge in [0.2, 0.25) is 0 Å². The summed E-state index contributed by atoms with van der Waals surface area (Å²) in [6.07, 6.45) is 2.30. The van der Waals surface area contributed by atoms with Crippen LogP contribution in [-0.4, -0.2) is 57.1 Å². The average Bonchev–Trinajstić information content (AvgIpc) is 3.37. The number of likely N-dealkylation sites (N-methyl/N-ethyl adjacent to an activating group) is 1. The first kappa shape index (κ1) is 19.2. The third-order valence-corrected chi connectivity index (χ3v) is 4.97. The molecular weight excluding hydrogens is 345 g/mol. The molecule has 1 aromatic carbocycles. The Balaban J connectivity index is 1.85. The van der Waals surface area contributed by atoms with Gasteiger partial charge in [-0.15, -0.1) is 0 Å². The molecular formula is C19H24F3N2O2. The van der Waals surface area contributed by atoms with Gasteiger partial charge in [0.05, 0.1) is 18.3 Å². The Kier molecular flexibility index (Phi) is 5.58. The second-order valence-electron chi connectivity index (χ2n) is 7.24. The summed E-state index contributed by atoms with van der Waals surface area (Å²) in [5.41, 5.74) is -0.919. The summed E-state index contributed by atoms with van der Waals surface area (Å²) in [5.74, 6) is -4.40. The third-order valence-electron chi connectivity index (χ3n) is 4.97. The molecule has 2 fully saturated rings. The molecule has 3 unspecified atom stereocenters. The first-order valence-corrected chi connectivity index (χ1v) is 8.91. The number of ketones is 1. The van der Waals surface area contributed by atoms with Gasteiger partial charge >= 0.3 is 0 Å². The first-order valence-electron chi connectivity index (χ1n) is 8.91. The van der Waals surface area contributed by atoms with Gasteiger partial charge in [-0.3, -0.25) is 4.79 Å². The number of ether oxygens (including phenoxy) is 1. The molecule has 1 saturated carbocycles. The van der Waals surface area contributed by atoms with Crippen LogP contribution in [0.4, 0.5) is 18.9 Å². The Bertz CT molecular complexity index is 696. The van der Waals surface area contributed by atoms with Crippen molar-refractivity contribution in [1.82, 2.24) is 4.90 Å².